The molecule has 2 aromatic rings. The number of fused-ring (bicyclic) bond motifs is 1. The largest absolute Gasteiger partial charge is 0.350 e. The number of guanidine groups is 1. The number of carbonyl (C=O) groups is 1. The number of nitrogens with one attached hydrogen (secondary N) is 2. The van der Waals surface area contributed by atoms with Crippen molar-refractivity contribution in [3.05, 3.63) is 35.0 Å². The molecule has 1 aromatic heterocycles. The molecule has 0 saturated heterocycles. The standard InChI is InChI=1S/C22H24N4OS/c1-20-7-14-8-22(10-20,11-21(14,2)9-20)26-19-24-16(18(27)25-19)5-13-3-4-15-17(6-13)28-12-23-15/h3-6,12,14H,7-11H2,1-2H3,(H2,24,25,26,27)/b16-5-. The van der Waals surface area contributed by atoms with Crippen LogP contribution in [0.25, 0.3) is 16.3 Å². The molecule has 1 aliphatic heterocycles. The van der Waals surface area contributed by atoms with E-state index < -0.39 is 0 Å². The highest BCUT2D eigenvalue weighted by molar-refractivity contribution is 7.16. The molecule has 1 amide bonds. The maximum absolute atomic E-state index is 12.5. The molecule has 5 nitrogen and oxygen atoms in total. The molecule has 4 atom stereocenters. The van der Waals surface area contributed by atoms with E-state index in [2.05, 4.69) is 40.5 Å². The van der Waals surface area contributed by atoms with Gasteiger partial charge in [-0.1, -0.05) is 19.9 Å². The summed E-state index contributed by atoms with van der Waals surface area (Å²) in [5.41, 5.74) is 5.25. The van der Waals surface area contributed by atoms with Crippen molar-refractivity contribution in [2.24, 2.45) is 21.7 Å². The molecule has 5 aliphatic rings. The molecular weight excluding hydrogens is 368 g/mol. The third kappa shape index (κ3) is 2.40. The molecule has 0 radical (unpaired) electrons. The Labute approximate surface area is 168 Å². The van der Waals surface area contributed by atoms with Gasteiger partial charge in [-0.3, -0.25) is 10.1 Å². The minimum absolute atomic E-state index is 0.0911. The molecule has 4 saturated carbocycles. The lowest BCUT2D eigenvalue weighted by Crippen LogP contribution is -2.56. The zero-order valence-corrected chi connectivity index (χ0v) is 17.0. The van der Waals surface area contributed by atoms with Crippen LogP contribution in [0.3, 0.4) is 0 Å². The smallest absolute Gasteiger partial charge is 0.276 e. The number of thiazole rings is 1. The minimum atomic E-state index is -0.128. The van der Waals surface area contributed by atoms with Gasteiger partial charge in [-0.05, 0) is 72.6 Å². The summed E-state index contributed by atoms with van der Waals surface area (Å²) in [4.78, 5) is 21.4. The highest BCUT2D eigenvalue weighted by Crippen LogP contribution is 2.71. The number of aromatic nitrogens is 1. The highest BCUT2D eigenvalue weighted by Gasteiger charge is 2.66. The van der Waals surface area contributed by atoms with Crippen LogP contribution >= 0.6 is 11.3 Å². The average Bonchev–Trinajstić information content (AvgIpc) is 3.27. The van der Waals surface area contributed by atoms with Crippen LogP contribution in [0, 0.1) is 16.7 Å². The Bertz CT molecular complexity index is 1080. The first-order chi connectivity index (χ1) is 13.3. The van der Waals surface area contributed by atoms with Crippen molar-refractivity contribution in [1.82, 2.24) is 15.6 Å². The number of hydrogen-bond acceptors (Lipinski definition) is 5. The number of aliphatic imine (C=N–C) groups is 1. The first-order valence-corrected chi connectivity index (χ1v) is 11.0. The van der Waals surface area contributed by atoms with E-state index in [9.17, 15) is 4.79 Å². The van der Waals surface area contributed by atoms with Crippen LogP contribution < -0.4 is 10.6 Å². The fourth-order valence-corrected chi connectivity index (χ4v) is 7.72. The van der Waals surface area contributed by atoms with E-state index in [0.717, 1.165) is 21.7 Å². The van der Waals surface area contributed by atoms with Gasteiger partial charge < -0.3 is 5.32 Å². The second-order valence-electron chi connectivity index (χ2n) is 10.0. The maximum Gasteiger partial charge on any atom is 0.276 e. The number of hydrogen-bond donors (Lipinski definition) is 2. The summed E-state index contributed by atoms with van der Waals surface area (Å²) in [6.45, 7) is 4.90. The van der Waals surface area contributed by atoms with Gasteiger partial charge in [0.1, 0.15) is 5.70 Å². The van der Waals surface area contributed by atoms with E-state index in [1.54, 1.807) is 11.3 Å². The Kier molecular flexibility index (Phi) is 3.12. The summed E-state index contributed by atoms with van der Waals surface area (Å²) in [6.07, 6.45) is 8.14. The van der Waals surface area contributed by atoms with Crippen molar-refractivity contribution in [3.8, 4) is 0 Å². The zero-order chi connectivity index (χ0) is 19.1. The first kappa shape index (κ1) is 16.7. The Balaban J connectivity index is 1.28. The molecule has 7 rings (SSSR count). The van der Waals surface area contributed by atoms with Crippen LogP contribution in [0.5, 0.6) is 0 Å². The quantitative estimate of drug-likeness (QED) is 0.757. The van der Waals surface area contributed by atoms with E-state index in [1.165, 1.54) is 32.1 Å². The van der Waals surface area contributed by atoms with Gasteiger partial charge in [-0.2, -0.15) is 0 Å². The Morgan fingerprint density at radius 3 is 2.96 bits per heavy atom. The molecule has 4 bridgehead atoms. The molecule has 0 spiro atoms. The van der Waals surface area contributed by atoms with Gasteiger partial charge in [-0.25, -0.2) is 9.98 Å². The molecule has 28 heavy (non-hydrogen) atoms. The molecule has 4 unspecified atom stereocenters. The molecule has 1 aromatic carbocycles. The van der Waals surface area contributed by atoms with Crippen LogP contribution in [-0.2, 0) is 4.79 Å². The lowest BCUT2D eigenvalue weighted by molar-refractivity contribution is -0.115. The molecule has 6 heteroatoms. The van der Waals surface area contributed by atoms with Gasteiger partial charge in [0.2, 0.25) is 5.96 Å². The minimum Gasteiger partial charge on any atom is -0.350 e. The van der Waals surface area contributed by atoms with Crippen LogP contribution in [-0.4, -0.2) is 22.4 Å². The third-order valence-electron chi connectivity index (χ3n) is 7.44. The third-order valence-corrected chi connectivity index (χ3v) is 8.23. The van der Waals surface area contributed by atoms with E-state index in [1.807, 2.05) is 23.7 Å². The molecule has 4 fully saturated rings. The second-order valence-corrected chi connectivity index (χ2v) is 10.9. The zero-order valence-electron chi connectivity index (χ0n) is 16.2. The SMILES string of the molecule is CC12CC3CC(NC4=N/C(=C\c5ccc6ncsc6c5)C(=O)N4)(C1)CC3(C)C2. The number of nitrogens with zero attached hydrogens (tertiary/aromatic N) is 2. The van der Waals surface area contributed by atoms with Crippen molar-refractivity contribution in [2.75, 3.05) is 0 Å². The predicted octanol–water partition coefficient (Wildman–Crippen LogP) is 4.07. The lowest BCUT2D eigenvalue weighted by atomic mass is 9.65. The van der Waals surface area contributed by atoms with Gasteiger partial charge >= 0.3 is 0 Å². The van der Waals surface area contributed by atoms with E-state index in [-0.39, 0.29) is 11.4 Å². The van der Waals surface area contributed by atoms with Crippen LogP contribution in [0.1, 0.15) is 51.5 Å². The van der Waals surface area contributed by atoms with Gasteiger partial charge in [0.05, 0.1) is 15.7 Å². The summed E-state index contributed by atoms with van der Waals surface area (Å²) >= 11 is 1.61. The highest BCUT2D eigenvalue weighted by atomic mass is 32.1. The van der Waals surface area contributed by atoms with Crippen molar-refractivity contribution >= 4 is 39.5 Å². The van der Waals surface area contributed by atoms with Crippen LogP contribution in [0.4, 0.5) is 0 Å². The lowest BCUT2D eigenvalue weighted by Gasteiger charge is -2.46. The predicted molar refractivity (Wildman–Crippen MR) is 112 cm³/mol. The average molecular weight is 393 g/mol. The number of rotatable bonds is 2. The number of carbonyl (C=O) groups excluding carboxylic acids is 1. The monoisotopic (exact) mass is 392 g/mol. The molecule has 2 N–H and O–H groups in total. The topological polar surface area (TPSA) is 66.4 Å². The summed E-state index contributed by atoms with van der Waals surface area (Å²) in [5, 5.41) is 6.63. The molecule has 4 aliphatic carbocycles. The van der Waals surface area contributed by atoms with Gasteiger partial charge in [0, 0.05) is 5.54 Å². The van der Waals surface area contributed by atoms with Gasteiger partial charge in [0.25, 0.3) is 5.91 Å². The molecule has 144 valence electrons. The number of benzene rings is 1. The molecule has 2 heterocycles. The molecular formula is C22H24N4OS. The Morgan fingerprint density at radius 2 is 2.14 bits per heavy atom. The van der Waals surface area contributed by atoms with E-state index in [0.29, 0.717) is 22.5 Å². The van der Waals surface area contributed by atoms with Gasteiger partial charge in [-0.15, -0.1) is 11.3 Å². The second kappa shape index (κ2) is 5.23. The van der Waals surface area contributed by atoms with Crippen molar-refractivity contribution in [2.45, 2.75) is 51.5 Å². The van der Waals surface area contributed by atoms with Crippen LogP contribution in [0.15, 0.2) is 34.4 Å². The fourth-order valence-electron chi connectivity index (χ4n) is 7.00. The summed E-state index contributed by atoms with van der Waals surface area (Å²) in [7, 11) is 0. The van der Waals surface area contributed by atoms with Gasteiger partial charge in [0.15, 0.2) is 0 Å². The normalized spacial score (nSPS) is 39.8. The van der Waals surface area contributed by atoms with Crippen molar-refractivity contribution in [3.63, 3.8) is 0 Å². The van der Waals surface area contributed by atoms with Crippen molar-refractivity contribution in [1.29, 1.82) is 0 Å². The first-order valence-electron chi connectivity index (χ1n) is 10.1. The van der Waals surface area contributed by atoms with Crippen molar-refractivity contribution < 1.29 is 4.79 Å². The summed E-state index contributed by atoms with van der Waals surface area (Å²) < 4.78 is 1.12. The summed E-state index contributed by atoms with van der Waals surface area (Å²) in [5.74, 6) is 1.30. The summed E-state index contributed by atoms with van der Waals surface area (Å²) in [6, 6.07) is 6.03. The number of amides is 1. The fraction of sp³-hybridized carbons (Fsp3) is 0.500. The van der Waals surface area contributed by atoms with E-state index >= 15 is 0 Å². The van der Waals surface area contributed by atoms with Crippen LogP contribution in [0.2, 0.25) is 0 Å². The Hall–Kier alpha value is -2.21. The maximum atomic E-state index is 12.5. The Morgan fingerprint density at radius 1 is 1.25 bits per heavy atom. The van der Waals surface area contributed by atoms with E-state index in [4.69, 9.17) is 0 Å².